The lowest BCUT2D eigenvalue weighted by Crippen LogP contribution is -2.44. The van der Waals surface area contributed by atoms with Gasteiger partial charge in [0, 0.05) is 24.4 Å². The minimum atomic E-state index is -4.10. The molecule has 4 N–H and O–H groups in total. The molecule has 1 spiro atoms. The first kappa shape index (κ1) is 26.8. The van der Waals surface area contributed by atoms with Crippen LogP contribution in [-0.2, 0) is 24.6 Å². The van der Waals surface area contributed by atoms with Crippen molar-refractivity contribution in [2.24, 2.45) is 11.1 Å². The summed E-state index contributed by atoms with van der Waals surface area (Å²) in [7, 11) is -2.69. The average Bonchev–Trinajstić information content (AvgIpc) is 3.62. The standard InChI is InChI=1S/C25H32N8O6S/c1-38-24(35)32-8-6-25(7-9-32)12-19(17-4-2-3-5-18(17)25)29-22-21-23(28-14-27-22)33(31-30-21)16-10-15(20(34)11-16)13-39-40(26,36)37/h2-5,14-16,19-20,34H,6-13H2,1H3,(H2,26,36,37)(H,27,28,29)/t15-,16+,19-,20-/m0/s1. The zero-order chi connectivity index (χ0) is 28.1. The zero-order valence-electron chi connectivity index (χ0n) is 22.0. The van der Waals surface area contributed by atoms with E-state index in [1.165, 1.54) is 24.6 Å². The van der Waals surface area contributed by atoms with Gasteiger partial charge in [0.25, 0.3) is 0 Å². The van der Waals surface area contributed by atoms with Gasteiger partial charge >= 0.3 is 16.4 Å². The Kier molecular flexibility index (Phi) is 6.84. The van der Waals surface area contributed by atoms with Crippen LogP contribution < -0.4 is 10.5 Å². The molecule has 1 aromatic carbocycles. The number of methoxy groups -OCH3 is 1. The van der Waals surface area contributed by atoms with E-state index in [1.807, 2.05) is 6.07 Å². The number of aliphatic hydroxyl groups is 1. The molecule has 4 atom stereocenters. The lowest BCUT2D eigenvalue weighted by Gasteiger charge is -2.39. The predicted octanol–water partition coefficient (Wildman–Crippen LogP) is 1.41. The molecule has 1 saturated heterocycles. The minimum Gasteiger partial charge on any atom is -0.453 e. The Morgan fingerprint density at radius 2 is 2.00 bits per heavy atom. The van der Waals surface area contributed by atoms with Gasteiger partial charge in [-0.2, -0.15) is 8.42 Å². The first-order valence-electron chi connectivity index (χ1n) is 13.3. The van der Waals surface area contributed by atoms with Crippen molar-refractivity contribution in [2.75, 3.05) is 32.1 Å². The van der Waals surface area contributed by atoms with Crippen LogP contribution >= 0.6 is 0 Å². The lowest BCUT2D eigenvalue weighted by molar-refractivity contribution is 0.0983. The van der Waals surface area contributed by atoms with Crippen LogP contribution in [0.2, 0.25) is 0 Å². The van der Waals surface area contributed by atoms with Gasteiger partial charge in [0.05, 0.1) is 31.9 Å². The van der Waals surface area contributed by atoms with E-state index >= 15 is 0 Å². The van der Waals surface area contributed by atoms with Crippen molar-refractivity contribution in [3.05, 3.63) is 41.7 Å². The van der Waals surface area contributed by atoms with Gasteiger partial charge in [0.1, 0.15) is 6.33 Å². The summed E-state index contributed by atoms with van der Waals surface area (Å²) in [6.07, 6.45) is 3.71. The number of hydrogen-bond donors (Lipinski definition) is 3. The van der Waals surface area contributed by atoms with Crippen molar-refractivity contribution in [2.45, 2.75) is 55.7 Å². The van der Waals surface area contributed by atoms with Crippen molar-refractivity contribution >= 4 is 33.4 Å². The smallest absolute Gasteiger partial charge is 0.409 e. The third-order valence-electron chi connectivity index (χ3n) is 8.65. The summed E-state index contributed by atoms with van der Waals surface area (Å²) >= 11 is 0. The number of fused-ring (bicyclic) bond motifs is 3. The highest BCUT2D eigenvalue weighted by atomic mass is 32.2. The molecule has 214 valence electrons. The molecule has 2 aromatic heterocycles. The Labute approximate surface area is 231 Å². The zero-order valence-corrected chi connectivity index (χ0v) is 22.8. The fourth-order valence-corrected chi connectivity index (χ4v) is 7.02. The molecule has 2 fully saturated rings. The van der Waals surface area contributed by atoms with E-state index in [1.54, 1.807) is 9.58 Å². The largest absolute Gasteiger partial charge is 0.453 e. The second kappa shape index (κ2) is 10.2. The first-order chi connectivity index (χ1) is 19.2. The molecule has 0 unspecified atom stereocenters. The second-order valence-corrected chi connectivity index (χ2v) is 12.1. The van der Waals surface area contributed by atoms with Gasteiger partial charge in [0.15, 0.2) is 17.0 Å². The number of aromatic nitrogens is 5. The molecule has 3 aromatic rings. The Morgan fingerprint density at radius 3 is 2.75 bits per heavy atom. The van der Waals surface area contributed by atoms with Crippen LogP contribution in [0.1, 0.15) is 55.3 Å². The van der Waals surface area contributed by atoms with Crippen molar-refractivity contribution in [1.29, 1.82) is 0 Å². The van der Waals surface area contributed by atoms with Crippen molar-refractivity contribution in [3.8, 4) is 0 Å². The molecule has 3 aliphatic rings. The van der Waals surface area contributed by atoms with E-state index in [9.17, 15) is 18.3 Å². The molecule has 15 heteroatoms. The van der Waals surface area contributed by atoms with E-state index in [-0.39, 0.29) is 30.2 Å². The molecule has 1 amide bonds. The number of nitrogens with one attached hydrogen (secondary N) is 1. The first-order valence-corrected chi connectivity index (χ1v) is 14.7. The number of likely N-dealkylation sites (tertiary alicyclic amines) is 1. The Bertz CT molecular complexity index is 1520. The monoisotopic (exact) mass is 572 g/mol. The van der Waals surface area contributed by atoms with Gasteiger partial charge in [-0.25, -0.2) is 24.6 Å². The van der Waals surface area contributed by atoms with Crippen LogP contribution in [0.4, 0.5) is 10.6 Å². The van der Waals surface area contributed by atoms with E-state index in [0.717, 1.165) is 19.3 Å². The summed E-state index contributed by atoms with van der Waals surface area (Å²) in [5.74, 6) is 0.145. The minimum absolute atomic E-state index is 0.0165. The number of amides is 1. The number of hydrogen-bond acceptors (Lipinski definition) is 11. The number of ether oxygens (including phenoxy) is 1. The SMILES string of the molecule is COC(=O)N1CCC2(CC1)C[C@H](Nc1ncnc3c1nnn3[C@@H]1C[C@@H](COS(N)(=O)=O)[C@@H](O)C1)c1ccccc12. The van der Waals surface area contributed by atoms with Crippen molar-refractivity contribution in [1.82, 2.24) is 29.9 Å². The van der Waals surface area contributed by atoms with Crippen molar-refractivity contribution < 1.29 is 27.2 Å². The number of anilines is 1. The number of carbonyl (C=O) groups is 1. The van der Waals surface area contributed by atoms with Crippen LogP contribution in [0.3, 0.4) is 0 Å². The summed E-state index contributed by atoms with van der Waals surface area (Å²) in [5.41, 5.74) is 3.47. The fraction of sp³-hybridized carbons (Fsp3) is 0.560. The number of carbonyl (C=O) groups excluding carboxylic acids is 1. The highest BCUT2D eigenvalue weighted by Gasteiger charge is 2.46. The van der Waals surface area contributed by atoms with E-state index in [2.05, 4.69) is 43.8 Å². The van der Waals surface area contributed by atoms with Gasteiger partial charge in [-0.15, -0.1) is 5.10 Å². The van der Waals surface area contributed by atoms with Crippen LogP contribution in [0.25, 0.3) is 11.2 Å². The number of piperidine rings is 1. The topological polar surface area (TPSA) is 188 Å². The number of nitrogens with two attached hydrogens (primary N) is 1. The molecule has 3 heterocycles. The third kappa shape index (κ3) is 4.87. The van der Waals surface area contributed by atoms with Crippen LogP contribution in [0, 0.1) is 5.92 Å². The number of benzene rings is 1. The van der Waals surface area contributed by atoms with Gasteiger partial charge in [-0.05, 0) is 43.2 Å². The third-order valence-corrected chi connectivity index (χ3v) is 9.12. The van der Waals surface area contributed by atoms with Crippen LogP contribution in [0.5, 0.6) is 0 Å². The molecule has 0 bridgehead atoms. The Balaban J connectivity index is 1.22. The number of nitrogens with zero attached hydrogens (tertiary/aromatic N) is 6. The molecule has 6 rings (SSSR count). The highest BCUT2D eigenvalue weighted by molar-refractivity contribution is 7.84. The van der Waals surface area contributed by atoms with Gasteiger partial charge in [-0.3, -0.25) is 4.18 Å². The molecule has 1 aliphatic heterocycles. The Morgan fingerprint density at radius 1 is 1.23 bits per heavy atom. The van der Waals surface area contributed by atoms with Gasteiger partial charge in [-0.1, -0.05) is 29.5 Å². The molecule has 14 nitrogen and oxygen atoms in total. The van der Waals surface area contributed by atoms with Gasteiger partial charge in [0.2, 0.25) is 0 Å². The summed E-state index contributed by atoms with van der Waals surface area (Å²) in [6, 6.07) is 8.14. The summed E-state index contributed by atoms with van der Waals surface area (Å²) in [4.78, 5) is 22.7. The maximum Gasteiger partial charge on any atom is 0.409 e. The Hall–Kier alpha value is -3.40. The summed E-state index contributed by atoms with van der Waals surface area (Å²) in [6.45, 7) is 1.07. The molecular formula is C25H32N8O6S. The predicted molar refractivity (Wildman–Crippen MR) is 142 cm³/mol. The lowest BCUT2D eigenvalue weighted by atomic mass is 9.73. The van der Waals surface area contributed by atoms with E-state index in [4.69, 9.17) is 14.1 Å². The molecule has 40 heavy (non-hydrogen) atoms. The normalized spacial score (nSPS) is 25.8. The van der Waals surface area contributed by atoms with E-state index in [0.29, 0.717) is 42.9 Å². The fourth-order valence-electron chi connectivity index (χ4n) is 6.66. The quantitative estimate of drug-likeness (QED) is 0.387. The van der Waals surface area contributed by atoms with Gasteiger partial charge < -0.3 is 20.1 Å². The summed E-state index contributed by atoms with van der Waals surface area (Å²) < 4.78 is 33.7. The van der Waals surface area contributed by atoms with E-state index < -0.39 is 22.3 Å². The average molecular weight is 573 g/mol. The second-order valence-electron chi connectivity index (χ2n) is 10.9. The molecule has 2 aliphatic carbocycles. The maximum atomic E-state index is 12.1. The summed E-state index contributed by atoms with van der Waals surface area (Å²) in [5, 5.41) is 27.7. The van der Waals surface area contributed by atoms with Crippen LogP contribution in [0.15, 0.2) is 30.6 Å². The number of aliphatic hydroxyl groups excluding tert-OH is 1. The maximum absolute atomic E-state index is 12.1. The number of rotatable bonds is 6. The molecule has 1 saturated carbocycles. The highest BCUT2D eigenvalue weighted by Crippen LogP contribution is 2.51. The molecule has 0 radical (unpaired) electrons. The van der Waals surface area contributed by atoms with Crippen LogP contribution in [-0.4, -0.2) is 82.4 Å². The molecular weight excluding hydrogens is 540 g/mol. The van der Waals surface area contributed by atoms with Crippen molar-refractivity contribution in [3.63, 3.8) is 0 Å².